The quantitative estimate of drug-likeness (QED) is 0.566. The number of fused-ring (bicyclic) bond motifs is 1. The number of benzene rings is 2. The average Bonchev–Trinajstić information content (AvgIpc) is 3.03. The summed E-state index contributed by atoms with van der Waals surface area (Å²) in [5, 5.41) is 6.84. The fourth-order valence-corrected chi connectivity index (χ4v) is 3.81. The number of thioether (sulfide) groups is 1. The molecule has 0 saturated heterocycles. The molecule has 0 spiro atoms. The predicted octanol–water partition coefficient (Wildman–Crippen LogP) is 4.19. The Morgan fingerprint density at radius 3 is 2.61 bits per heavy atom. The van der Waals surface area contributed by atoms with Gasteiger partial charge >= 0.3 is 0 Å². The topological polar surface area (TPSA) is 76.0 Å². The number of aromatic nitrogens is 2. The first-order valence-electron chi connectivity index (χ1n) is 8.92. The number of nitrogens with zero attached hydrogens (tertiary/aromatic N) is 2. The molecule has 0 fully saturated rings. The molecular formula is C20H21ClN4O2S. The van der Waals surface area contributed by atoms with E-state index in [4.69, 9.17) is 11.6 Å². The second kappa shape index (κ2) is 9.12. The van der Waals surface area contributed by atoms with Gasteiger partial charge in [-0.3, -0.25) is 9.59 Å². The standard InChI is InChI=1S/C20H21ClN4O2S/c1-3-10-25-17-9-6-14(21)11-16(17)24-20(25)28-12-18(26)23-15-7-4-13(5-8-15)19(27)22-2/h4-9,11H,3,10,12H2,1-2H3,(H,22,27)(H,23,26). The van der Waals surface area contributed by atoms with E-state index >= 15 is 0 Å². The number of aryl methyl sites for hydroxylation is 1. The van der Waals surface area contributed by atoms with Gasteiger partial charge in [-0.05, 0) is 48.9 Å². The van der Waals surface area contributed by atoms with Gasteiger partial charge in [0.2, 0.25) is 5.91 Å². The zero-order valence-electron chi connectivity index (χ0n) is 15.7. The number of hydrogen-bond acceptors (Lipinski definition) is 4. The van der Waals surface area contributed by atoms with Gasteiger partial charge < -0.3 is 15.2 Å². The fraction of sp³-hybridized carbons (Fsp3) is 0.250. The monoisotopic (exact) mass is 416 g/mol. The Hall–Kier alpha value is -2.51. The molecule has 0 aliphatic rings. The lowest BCUT2D eigenvalue weighted by atomic mass is 10.2. The van der Waals surface area contributed by atoms with E-state index in [0.29, 0.717) is 16.3 Å². The van der Waals surface area contributed by atoms with Crippen molar-refractivity contribution in [3.63, 3.8) is 0 Å². The summed E-state index contributed by atoms with van der Waals surface area (Å²) in [7, 11) is 1.58. The minimum Gasteiger partial charge on any atom is -0.355 e. The van der Waals surface area contributed by atoms with Gasteiger partial charge in [0.05, 0.1) is 16.8 Å². The third kappa shape index (κ3) is 4.66. The molecule has 0 aliphatic carbocycles. The highest BCUT2D eigenvalue weighted by molar-refractivity contribution is 7.99. The van der Waals surface area contributed by atoms with Gasteiger partial charge in [-0.25, -0.2) is 4.98 Å². The zero-order valence-corrected chi connectivity index (χ0v) is 17.2. The van der Waals surface area contributed by atoms with Crippen molar-refractivity contribution in [2.24, 2.45) is 0 Å². The molecule has 28 heavy (non-hydrogen) atoms. The first-order chi connectivity index (χ1) is 13.5. The maximum atomic E-state index is 12.3. The van der Waals surface area contributed by atoms with Crippen LogP contribution in [0.25, 0.3) is 11.0 Å². The molecule has 3 rings (SSSR count). The van der Waals surface area contributed by atoms with Gasteiger partial charge in [0.25, 0.3) is 5.91 Å². The molecule has 0 bridgehead atoms. The van der Waals surface area contributed by atoms with Crippen molar-refractivity contribution in [2.45, 2.75) is 25.0 Å². The number of hydrogen-bond donors (Lipinski definition) is 2. The molecule has 0 radical (unpaired) electrons. The summed E-state index contributed by atoms with van der Waals surface area (Å²) in [6, 6.07) is 12.4. The number of nitrogens with one attached hydrogen (secondary N) is 2. The summed E-state index contributed by atoms with van der Waals surface area (Å²) in [5.74, 6) is -0.0630. The Morgan fingerprint density at radius 1 is 1.18 bits per heavy atom. The largest absolute Gasteiger partial charge is 0.355 e. The van der Waals surface area contributed by atoms with Gasteiger partial charge in [0, 0.05) is 29.9 Å². The smallest absolute Gasteiger partial charge is 0.251 e. The van der Waals surface area contributed by atoms with Gasteiger partial charge in [-0.15, -0.1) is 0 Å². The van der Waals surface area contributed by atoms with Crippen LogP contribution in [0.15, 0.2) is 47.6 Å². The van der Waals surface area contributed by atoms with Gasteiger partial charge in [0.1, 0.15) is 0 Å². The summed E-state index contributed by atoms with van der Waals surface area (Å²) in [6.45, 7) is 2.93. The summed E-state index contributed by atoms with van der Waals surface area (Å²) < 4.78 is 2.11. The molecule has 2 aromatic carbocycles. The maximum absolute atomic E-state index is 12.3. The van der Waals surface area contributed by atoms with Crippen LogP contribution in [0.4, 0.5) is 5.69 Å². The Bertz CT molecular complexity index is 1000. The molecule has 6 nitrogen and oxygen atoms in total. The van der Waals surface area contributed by atoms with Crippen LogP contribution in [0.5, 0.6) is 0 Å². The molecule has 0 atom stereocenters. The number of amides is 2. The van der Waals surface area contributed by atoms with E-state index in [2.05, 4.69) is 27.1 Å². The third-order valence-corrected chi connectivity index (χ3v) is 5.32. The van der Waals surface area contributed by atoms with E-state index in [1.165, 1.54) is 11.8 Å². The van der Waals surface area contributed by atoms with Gasteiger partial charge in [-0.2, -0.15) is 0 Å². The number of carbonyl (C=O) groups excluding carboxylic acids is 2. The Kier molecular flexibility index (Phi) is 6.59. The second-order valence-corrected chi connectivity index (χ2v) is 7.55. The minimum atomic E-state index is -0.164. The molecule has 0 saturated carbocycles. The van der Waals surface area contributed by atoms with Gasteiger partial charge in [-0.1, -0.05) is 30.3 Å². The van der Waals surface area contributed by atoms with E-state index in [0.717, 1.165) is 29.2 Å². The molecule has 1 heterocycles. The average molecular weight is 417 g/mol. The van der Waals surface area contributed by atoms with Crippen LogP contribution in [-0.4, -0.2) is 34.2 Å². The lowest BCUT2D eigenvalue weighted by molar-refractivity contribution is -0.113. The third-order valence-electron chi connectivity index (χ3n) is 4.11. The van der Waals surface area contributed by atoms with Crippen molar-refractivity contribution in [1.82, 2.24) is 14.9 Å². The van der Waals surface area contributed by atoms with Crippen LogP contribution in [0, 0.1) is 0 Å². The fourth-order valence-electron chi connectivity index (χ4n) is 2.81. The Morgan fingerprint density at radius 2 is 1.93 bits per heavy atom. The molecule has 3 aromatic rings. The Labute approximate surface area is 172 Å². The van der Waals surface area contributed by atoms with E-state index in [1.807, 2.05) is 18.2 Å². The molecule has 2 N–H and O–H groups in total. The highest BCUT2D eigenvalue weighted by Crippen LogP contribution is 2.26. The molecule has 1 aromatic heterocycles. The number of anilines is 1. The van der Waals surface area contributed by atoms with Gasteiger partial charge in [0.15, 0.2) is 5.16 Å². The molecule has 8 heteroatoms. The lowest BCUT2D eigenvalue weighted by Gasteiger charge is -2.08. The molecule has 2 amide bonds. The normalized spacial score (nSPS) is 10.8. The highest BCUT2D eigenvalue weighted by atomic mass is 35.5. The van der Waals surface area contributed by atoms with Crippen LogP contribution in [0.1, 0.15) is 23.7 Å². The SMILES string of the molecule is CCCn1c(SCC(=O)Nc2ccc(C(=O)NC)cc2)nc2cc(Cl)ccc21. The molecule has 146 valence electrons. The van der Waals surface area contributed by atoms with Crippen molar-refractivity contribution >= 4 is 51.9 Å². The predicted molar refractivity (Wildman–Crippen MR) is 114 cm³/mol. The van der Waals surface area contributed by atoms with E-state index in [1.54, 1.807) is 31.3 Å². The summed E-state index contributed by atoms with van der Waals surface area (Å²) >= 11 is 7.46. The summed E-state index contributed by atoms with van der Waals surface area (Å²) in [6.07, 6.45) is 0.964. The summed E-state index contributed by atoms with van der Waals surface area (Å²) in [4.78, 5) is 28.5. The first-order valence-corrected chi connectivity index (χ1v) is 10.3. The molecule has 0 unspecified atom stereocenters. The summed E-state index contributed by atoms with van der Waals surface area (Å²) in [5.41, 5.74) is 3.03. The first kappa shape index (κ1) is 20.2. The van der Waals surface area contributed by atoms with Crippen LogP contribution in [0.3, 0.4) is 0 Å². The Balaban J connectivity index is 1.67. The highest BCUT2D eigenvalue weighted by Gasteiger charge is 2.13. The van der Waals surface area contributed by atoms with Crippen molar-refractivity contribution in [2.75, 3.05) is 18.1 Å². The van der Waals surface area contributed by atoms with Crippen molar-refractivity contribution in [3.8, 4) is 0 Å². The van der Waals surface area contributed by atoms with Crippen molar-refractivity contribution in [3.05, 3.63) is 53.1 Å². The van der Waals surface area contributed by atoms with Crippen LogP contribution in [-0.2, 0) is 11.3 Å². The number of rotatable bonds is 7. The zero-order chi connectivity index (χ0) is 20.1. The number of imidazole rings is 1. The molecular weight excluding hydrogens is 396 g/mol. The molecule has 0 aliphatic heterocycles. The maximum Gasteiger partial charge on any atom is 0.251 e. The van der Waals surface area contributed by atoms with Crippen molar-refractivity contribution in [1.29, 1.82) is 0 Å². The van der Waals surface area contributed by atoms with Crippen LogP contribution in [0.2, 0.25) is 5.02 Å². The van der Waals surface area contributed by atoms with E-state index in [-0.39, 0.29) is 17.6 Å². The lowest BCUT2D eigenvalue weighted by Crippen LogP contribution is -2.18. The van der Waals surface area contributed by atoms with E-state index in [9.17, 15) is 9.59 Å². The van der Waals surface area contributed by atoms with E-state index < -0.39 is 0 Å². The minimum absolute atomic E-state index is 0.133. The number of halogens is 1. The van der Waals surface area contributed by atoms with Crippen LogP contribution >= 0.6 is 23.4 Å². The number of carbonyl (C=O) groups is 2. The van der Waals surface area contributed by atoms with Crippen molar-refractivity contribution < 1.29 is 9.59 Å². The second-order valence-electron chi connectivity index (χ2n) is 6.17. The van der Waals surface area contributed by atoms with Crippen LogP contribution < -0.4 is 10.6 Å².